The van der Waals surface area contributed by atoms with Gasteiger partial charge in [-0.05, 0) is 24.6 Å². The first-order valence-electron chi connectivity index (χ1n) is 7.47. The fourth-order valence-electron chi connectivity index (χ4n) is 2.66. The summed E-state index contributed by atoms with van der Waals surface area (Å²) in [7, 11) is 0.268. The second-order valence-corrected chi connectivity index (χ2v) is 12.3. The van der Waals surface area contributed by atoms with E-state index in [0.29, 0.717) is 0 Å². The lowest BCUT2D eigenvalue weighted by Crippen LogP contribution is -2.48. The quantitative estimate of drug-likeness (QED) is 0.805. The van der Waals surface area contributed by atoms with E-state index in [1.54, 1.807) is 0 Å². The van der Waals surface area contributed by atoms with Crippen LogP contribution in [0.1, 0.15) is 41.0 Å². The Morgan fingerprint density at radius 1 is 1.37 bits per heavy atom. The highest BCUT2D eigenvalue weighted by Gasteiger charge is 2.52. The van der Waals surface area contributed by atoms with Gasteiger partial charge in [0.2, 0.25) is 0 Å². The molecule has 1 heterocycles. The minimum absolute atomic E-state index is 0.0521. The Balaban J connectivity index is 2.91. The van der Waals surface area contributed by atoms with Gasteiger partial charge < -0.3 is 14.3 Å². The van der Waals surface area contributed by atoms with Crippen LogP contribution in [-0.2, 0) is 9.16 Å². The third kappa shape index (κ3) is 3.09. The maximum absolute atomic E-state index is 9.71. The molecule has 1 unspecified atom stereocenters. The standard InChI is InChI=1S/C14H31BO3Si/c1-8-14(9-16)10(2)11(12(15)17-14)18-19(6,7)13(3,4)5/h10-12,16H,8-9,15H2,1-7H3/t10-,11?,12-,14+/m1/s1. The van der Waals surface area contributed by atoms with E-state index in [1.807, 2.05) is 0 Å². The highest BCUT2D eigenvalue weighted by Crippen LogP contribution is 2.44. The van der Waals surface area contributed by atoms with Gasteiger partial charge in [0.05, 0.1) is 18.3 Å². The van der Waals surface area contributed by atoms with Crippen molar-refractivity contribution in [3.05, 3.63) is 0 Å². The van der Waals surface area contributed by atoms with E-state index in [0.717, 1.165) is 6.42 Å². The normalized spacial score (nSPS) is 36.7. The molecule has 1 N–H and O–H groups in total. The molecule has 3 nitrogen and oxygen atoms in total. The van der Waals surface area contributed by atoms with E-state index in [9.17, 15) is 5.11 Å². The van der Waals surface area contributed by atoms with Crippen molar-refractivity contribution in [2.75, 3.05) is 6.61 Å². The minimum Gasteiger partial charge on any atom is -0.412 e. The van der Waals surface area contributed by atoms with E-state index >= 15 is 0 Å². The van der Waals surface area contributed by atoms with Crippen molar-refractivity contribution in [2.45, 2.75) is 76.9 Å². The zero-order chi connectivity index (χ0) is 15.1. The minimum atomic E-state index is -1.80. The van der Waals surface area contributed by atoms with Gasteiger partial charge in [-0.2, -0.15) is 0 Å². The molecule has 1 fully saturated rings. The summed E-state index contributed by atoms with van der Waals surface area (Å²) in [6.07, 6.45) is 0.916. The molecule has 0 aromatic rings. The van der Waals surface area contributed by atoms with Crippen LogP contribution in [0.25, 0.3) is 0 Å². The van der Waals surface area contributed by atoms with E-state index in [-0.39, 0.29) is 29.7 Å². The fourth-order valence-corrected chi connectivity index (χ4v) is 4.09. The number of ether oxygens (including phenoxy) is 1. The topological polar surface area (TPSA) is 38.7 Å². The van der Waals surface area contributed by atoms with Crippen LogP contribution in [0.3, 0.4) is 0 Å². The first-order chi connectivity index (χ1) is 8.50. The summed E-state index contributed by atoms with van der Waals surface area (Å²) in [5.74, 6) is 0.228. The fraction of sp³-hybridized carbons (Fsp3) is 1.00. The van der Waals surface area contributed by atoms with Gasteiger partial charge in [0, 0.05) is 11.9 Å². The van der Waals surface area contributed by atoms with Crippen molar-refractivity contribution in [2.24, 2.45) is 5.92 Å². The van der Waals surface area contributed by atoms with Gasteiger partial charge in [0.15, 0.2) is 8.32 Å². The lowest BCUT2D eigenvalue weighted by molar-refractivity contribution is -0.0709. The maximum atomic E-state index is 9.71. The number of hydrogen-bond donors (Lipinski definition) is 1. The Hall–Kier alpha value is 0.162. The molecule has 4 atom stereocenters. The first-order valence-corrected chi connectivity index (χ1v) is 10.4. The molecule has 0 aromatic carbocycles. The smallest absolute Gasteiger partial charge is 0.192 e. The summed E-state index contributed by atoms with van der Waals surface area (Å²) < 4.78 is 12.6. The number of aliphatic hydroxyl groups is 1. The predicted molar refractivity (Wildman–Crippen MR) is 84.8 cm³/mol. The zero-order valence-electron chi connectivity index (χ0n) is 13.9. The molecule has 19 heavy (non-hydrogen) atoms. The van der Waals surface area contributed by atoms with Crippen LogP contribution in [0.4, 0.5) is 0 Å². The third-order valence-electron chi connectivity index (χ3n) is 5.31. The van der Waals surface area contributed by atoms with Crippen LogP contribution in [-0.4, -0.2) is 45.6 Å². The van der Waals surface area contributed by atoms with Gasteiger partial charge in [0.1, 0.15) is 7.85 Å². The van der Waals surface area contributed by atoms with Gasteiger partial charge in [-0.15, -0.1) is 0 Å². The second-order valence-electron chi connectivity index (χ2n) is 7.53. The van der Waals surface area contributed by atoms with Crippen molar-refractivity contribution in [3.63, 3.8) is 0 Å². The summed E-state index contributed by atoms with van der Waals surface area (Å²) in [6.45, 7) is 15.6. The number of aliphatic hydroxyl groups excluding tert-OH is 1. The third-order valence-corrected chi connectivity index (χ3v) is 9.78. The molecule has 0 spiro atoms. The molecule has 0 aliphatic carbocycles. The Kier molecular flexibility index (Phi) is 4.99. The average molecular weight is 286 g/mol. The molecular weight excluding hydrogens is 255 g/mol. The first kappa shape index (κ1) is 17.2. The zero-order valence-corrected chi connectivity index (χ0v) is 14.9. The predicted octanol–water partition coefficient (Wildman–Crippen LogP) is 2.14. The molecule has 1 saturated heterocycles. The van der Waals surface area contributed by atoms with Crippen LogP contribution in [0.5, 0.6) is 0 Å². The van der Waals surface area contributed by atoms with Gasteiger partial charge in [-0.1, -0.05) is 34.6 Å². The van der Waals surface area contributed by atoms with Crippen molar-refractivity contribution >= 4 is 16.2 Å². The van der Waals surface area contributed by atoms with Crippen LogP contribution in [0, 0.1) is 5.92 Å². The second kappa shape index (κ2) is 5.51. The molecule has 0 saturated carbocycles. The van der Waals surface area contributed by atoms with Crippen LogP contribution in [0.2, 0.25) is 18.1 Å². The molecule has 112 valence electrons. The Morgan fingerprint density at radius 3 is 2.21 bits per heavy atom. The van der Waals surface area contributed by atoms with E-state index in [4.69, 9.17) is 9.16 Å². The molecule has 0 aromatic heterocycles. The van der Waals surface area contributed by atoms with E-state index in [1.165, 1.54) is 0 Å². The van der Waals surface area contributed by atoms with Gasteiger partial charge in [0.25, 0.3) is 0 Å². The molecule has 0 bridgehead atoms. The molecule has 0 radical (unpaired) electrons. The Morgan fingerprint density at radius 2 is 1.89 bits per heavy atom. The SMILES string of the molecule is B[C@@H]1O[C@@](CC)(CO)[C@H](C)C1O[Si](C)(C)C(C)(C)C. The van der Waals surface area contributed by atoms with Crippen molar-refractivity contribution in [3.8, 4) is 0 Å². The molecular formula is C14H31BO3Si. The molecule has 1 aliphatic heterocycles. The van der Waals surface area contributed by atoms with Gasteiger partial charge >= 0.3 is 0 Å². The van der Waals surface area contributed by atoms with Gasteiger partial charge in [-0.3, -0.25) is 0 Å². The van der Waals surface area contributed by atoms with E-state index < -0.39 is 13.9 Å². The average Bonchev–Trinajstić information content (AvgIpc) is 2.52. The monoisotopic (exact) mass is 286 g/mol. The summed E-state index contributed by atoms with van der Waals surface area (Å²) in [5, 5.41) is 9.91. The lowest BCUT2D eigenvalue weighted by atomic mass is 9.82. The lowest BCUT2D eigenvalue weighted by Gasteiger charge is -2.40. The van der Waals surface area contributed by atoms with Gasteiger partial charge in [-0.25, -0.2) is 0 Å². The highest BCUT2D eigenvalue weighted by molar-refractivity contribution is 6.74. The van der Waals surface area contributed by atoms with Crippen LogP contribution in [0.15, 0.2) is 0 Å². The summed E-state index contributed by atoms with van der Waals surface area (Å²) in [5.41, 5.74) is -0.424. The summed E-state index contributed by atoms with van der Waals surface area (Å²) in [4.78, 5) is 0. The van der Waals surface area contributed by atoms with E-state index in [2.05, 4.69) is 55.6 Å². The molecule has 1 rings (SSSR count). The van der Waals surface area contributed by atoms with Crippen molar-refractivity contribution < 1.29 is 14.3 Å². The Bertz CT molecular complexity index is 310. The molecule has 5 heteroatoms. The number of rotatable bonds is 4. The molecule has 1 aliphatic rings. The van der Waals surface area contributed by atoms with Crippen molar-refractivity contribution in [1.29, 1.82) is 0 Å². The largest absolute Gasteiger partial charge is 0.412 e. The van der Waals surface area contributed by atoms with Crippen LogP contribution >= 0.6 is 0 Å². The summed E-state index contributed by atoms with van der Waals surface area (Å²) in [6, 6.07) is 0.0521. The van der Waals surface area contributed by atoms with Crippen molar-refractivity contribution in [1.82, 2.24) is 0 Å². The Labute approximate surface area is 120 Å². The molecule has 0 amide bonds. The van der Waals surface area contributed by atoms with Crippen LogP contribution < -0.4 is 0 Å². The highest BCUT2D eigenvalue weighted by atomic mass is 28.4. The maximum Gasteiger partial charge on any atom is 0.192 e. The number of hydrogen-bond acceptors (Lipinski definition) is 3. The summed E-state index contributed by atoms with van der Waals surface area (Å²) >= 11 is 0.